The van der Waals surface area contributed by atoms with Crippen molar-refractivity contribution < 1.29 is 14.0 Å². The van der Waals surface area contributed by atoms with Gasteiger partial charge in [-0.1, -0.05) is 19.1 Å². The van der Waals surface area contributed by atoms with Crippen LogP contribution in [0.25, 0.3) is 0 Å². The highest BCUT2D eigenvalue weighted by molar-refractivity contribution is 5.92. The fourth-order valence-corrected chi connectivity index (χ4v) is 2.94. The number of nitrogens with zero attached hydrogens (tertiary/aromatic N) is 2. The highest BCUT2D eigenvalue weighted by Crippen LogP contribution is 2.12. The number of rotatable bonds is 5. The van der Waals surface area contributed by atoms with Crippen molar-refractivity contribution in [3.05, 3.63) is 54.0 Å². The van der Waals surface area contributed by atoms with E-state index in [0.717, 1.165) is 12.1 Å². The van der Waals surface area contributed by atoms with E-state index < -0.39 is 0 Å². The number of nitrogens with one attached hydrogen (secondary N) is 1. The number of carbonyl (C=O) groups is 2. The monoisotopic (exact) mass is 341 g/mol. The van der Waals surface area contributed by atoms with Crippen molar-refractivity contribution in [1.82, 2.24) is 9.80 Å². The van der Waals surface area contributed by atoms with E-state index in [2.05, 4.69) is 17.1 Å². The molecule has 132 valence electrons. The number of aryl methyl sites for hydroxylation is 1. The third-order valence-electron chi connectivity index (χ3n) is 4.38. The zero-order chi connectivity index (χ0) is 17.6. The number of hydrogen-bond acceptors (Lipinski definition) is 4. The maximum absolute atomic E-state index is 12.2. The molecule has 1 saturated heterocycles. The molecule has 0 radical (unpaired) electrons. The fraction of sp³-hybridized carbons (Fsp3) is 0.368. The van der Waals surface area contributed by atoms with Gasteiger partial charge in [0.25, 0.3) is 5.91 Å². The van der Waals surface area contributed by atoms with Gasteiger partial charge in [0.2, 0.25) is 5.91 Å². The molecule has 3 rings (SSSR count). The van der Waals surface area contributed by atoms with Gasteiger partial charge in [0.1, 0.15) is 0 Å². The molecule has 2 amide bonds. The molecule has 1 fully saturated rings. The number of hydrogen-bond donors (Lipinski definition) is 1. The molecule has 1 aliphatic rings. The van der Waals surface area contributed by atoms with E-state index in [1.54, 1.807) is 17.0 Å². The molecule has 0 bridgehead atoms. The van der Waals surface area contributed by atoms with Gasteiger partial charge in [-0.3, -0.25) is 14.5 Å². The van der Waals surface area contributed by atoms with Crippen LogP contribution in [-0.4, -0.2) is 54.3 Å². The van der Waals surface area contributed by atoms with E-state index in [-0.39, 0.29) is 11.8 Å². The van der Waals surface area contributed by atoms with E-state index >= 15 is 0 Å². The van der Waals surface area contributed by atoms with Crippen LogP contribution in [0.3, 0.4) is 0 Å². The van der Waals surface area contributed by atoms with Crippen molar-refractivity contribution in [2.45, 2.75) is 13.3 Å². The summed E-state index contributed by atoms with van der Waals surface area (Å²) in [5.41, 5.74) is 2.03. The maximum atomic E-state index is 12.2. The molecule has 0 aliphatic carbocycles. The van der Waals surface area contributed by atoms with Crippen LogP contribution >= 0.6 is 0 Å². The average molecular weight is 341 g/mol. The number of carbonyl (C=O) groups excluding carboxylic acids is 2. The first kappa shape index (κ1) is 17.2. The molecular formula is C19H23N3O3. The highest BCUT2D eigenvalue weighted by Gasteiger charge is 2.24. The molecular weight excluding hydrogens is 318 g/mol. The van der Waals surface area contributed by atoms with E-state index in [1.165, 1.54) is 11.8 Å². The van der Waals surface area contributed by atoms with Crippen molar-refractivity contribution in [3.63, 3.8) is 0 Å². The van der Waals surface area contributed by atoms with Crippen LogP contribution in [0.2, 0.25) is 0 Å². The van der Waals surface area contributed by atoms with Crippen LogP contribution < -0.4 is 5.32 Å². The number of benzene rings is 1. The molecule has 6 nitrogen and oxygen atoms in total. The SMILES string of the molecule is CCc1cccc(NC(=O)CN2CCN(C(=O)c3ccco3)CC2)c1. The molecule has 1 aromatic carbocycles. The molecule has 0 saturated carbocycles. The Kier molecular flexibility index (Phi) is 5.50. The lowest BCUT2D eigenvalue weighted by Gasteiger charge is -2.33. The number of furan rings is 1. The van der Waals surface area contributed by atoms with Gasteiger partial charge in [0, 0.05) is 31.9 Å². The molecule has 25 heavy (non-hydrogen) atoms. The van der Waals surface area contributed by atoms with Crippen LogP contribution in [0, 0.1) is 0 Å². The lowest BCUT2D eigenvalue weighted by atomic mass is 10.1. The van der Waals surface area contributed by atoms with E-state index in [1.807, 2.05) is 24.3 Å². The molecule has 0 unspecified atom stereocenters. The maximum Gasteiger partial charge on any atom is 0.289 e. The van der Waals surface area contributed by atoms with Crippen LogP contribution in [0.4, 0.5) is 5.69 Å². The minimum atomic E-state index is -0.0921. The van der Waals surface area contributed by atoms with Crippen LogP contribution in [0.1, 0.15) is 23.0 Å². The first-order valence-electron chi connectivity index (χ1n) is 8.59. The Morgan fingerprint density at radius 1 is 1.12 bits per heavy atom. The summed E-state index contributed by atoms with van der Waals surface area (Å²) in [4.78, 5) is 28.3. The van der Waals surface area contributed by atoms with Crippen molar-refractivity contribution >= 4 is 17.5 Å². The van der Waals surface area contributed by atoms with Gasteiger partial charge >= 0.3 is 0 Å². The highest BCUT2D eigenvalue weighted by atomic mass is 16.3. The number of amides is 2. The van der Waals surface area contributed by atoms with Crippen LogP contribution in [-0.2, 0) is 11.2 Å². The lowest BCUT2D eigenvalue weighted by Crippen LogP contribution is -2.50. The van der Waals surface area contributed by atoms with E-state index in [4.69, 9.17) is 4.42 Å². The van der Waals surface area contributed by atoms with E-state index in [9.17, 15) is 9.59 Å². The van der Waals surface area contributed by atoms with Crippen LogP contribution in [0.15, 0.2) is 47.1 Å². The van der Waals surface area contributed by atoms with Gasteiger partial charge < -0.3 is 14.6 Å². The standard InChI is InChI=1S/C19H23N3O3/c1-2-15-5-3-6-16(13-15)20-18(23)14-21-8-10-22(11-9-21)19(24)17-7-4-12-25-17/h3-7,12-13H,2,8-11,14H2,1H3,(H,20,23). The normalized spacial score (nSPS) is 15.2. The summed E-state index contributed by atoms with van der Waals surface area (Å²) in [5.74, 6) is 0.242. The Morgan fingerprint density at radius 3 is 2.60 bits per heavy atom. The Balaban J connectivity index is 1.47. The minimum absolute atomic E-state index is 0.0286. The van der Waals surface area contributed by atoms with Crippen molar-refractivity contribution in [2.24, 2.45) is 0 Å². The lowest BCUT2D eigenvalue weighted by molar-refractivity contribution is -0.117. The zero-order valence-corrected chi connectivity index (χ0v) is 14.4. The minimum Gasteiger partial charge on any atom is -0.459 e. The van der Waals surface area contributed by atoms with Crippen LogP contribution in [0.5, 0.6) is 0 Å². The number of piperazine rings is 1. The summed E-state index contributed by atoms with van der Waals surface area (Å²) in [6, 6.07) is 11.3. The average Bonchev–Trinajstić information content (AvgIpc) is 3.16. The van der Waals surface area contributed by atoms with Crippen molar-refractivity contribution in [2.75, 3.05) is 38.0 Å². The Labute approximate surface area is 147 Å². The third-order valence-corrected chi connectivity index (χ3v) is 4.38. The molecule has 2 heterocycles. The zero-order valence-electron chi connectivity index (χ0n) is 14.4. The summed E-state index contributed by atoms with van der Waals surface area (Å²) in [5, 5.41) is 2.94. The van der Waals surface area contributed by atoms with Gasteiger partial charge in [0.05, 0.1) is 12.8 Å². The van der Waals surface area contributed by atoms with Gasteiger partial charge in [-0.25, -0.2) is 0 Å². The largest absolute Gasteiger partial charge is 0.459 e. The van der Waals surface area contributed by atoms with Crippen molar-refractivity contribution in [3.8, 4) is 0 Å². The topological polar surface area (TPSA) is 65.8 Å². The first-order valence-corrected chi connectivity index (χ1v) is 8.59. The summed E-state index contributed by atoms with van der Waals surface area (Å²) in [7, 11) is 0. The molecule has 1 N–H and O–H groups in total. The molecule has 1 aromatic heterocycles. The Morgan fingerprint density at radius 2 is 1.92 bits per heavy atom. The van der Waals surface area contributed by atoms with Gasteiger partial charge in [-0.15, -0.1) is 0 Å². The fourth-order valence-electron chi connectivity index (χ4n) is 2.94. The second kappa shape index (κ2) is 7.98. The van der Waals surface area contributed by atoms with Gasteiger partial charge in [0.15, 0.2) is 5.76 Å². The summed E-state index contributed by atoms with van der Waals surface area (Å²) >= 11 is 0. The summed E-state index contributed by atoms with van der Waals surface area (Å²) in [6.07, 6.45) is 2.44. The second-order valence-corrected chi connectivity index (χ2v) is 6.15. The molecule has 6 heteroatoms. The summed E-state index contributed by atoms with van der Waals surface area (Å²) < 4.78 is 5.16. The Bertz CT molecular complexity index is 719. The molecule has 1 aliphatic heterocycles. The molecule has 0 spiro atoms. The summed E-state index contributed by atoms with van der Waals surface area (Å²) in [6.45, 7) is 4.96. The van der Waals surface area contributed by atoms with Gasteiger partial charge in [-0.2, -0.15) is 0 Å². The first-order chi connectivity index (χ1) is 12.2. The van der Waals surface area contributed by atoms with Crippen molar-refractivity contribution in [1.29, 1.82) is 0 Å². The third kappa shape index (κ3) is 4.48. The van der Waals surface area contributed by atoms with E-state index in [0.29, 0.717) is 38.5 Å². The predicted molar refractivity (Wildman–Crippen MR) is 95.5 cm³/mol. The predicted octanol–water partition coefficient (Wildman–Crippen LogP) is 2.24. The molecule has 0 atom stereocenters. The quantitative estimate of drug-likeness (QED) is 0.906. The van der Waals surface area contributed by atoms with Gasteiger partial charge in [-0.05, 0) is 36.2 Å². The second-order valence-electron chi connectivity index (χ2n) is 6.15. The molecule has 2 aromatic rings. The number of anilines is 1. The smallest absolute Gasteiger partial charge is 0.289 e. The Hall–Kier alpha value is -2.60.